The number of para-hydroxylation sites is 1. The molecule has 5 nitrogen and oxygen atoms in total. The molecule has 0 radical (unpaired) electrons. The zero-order chi connectivity index (χ0) is 15.3. The van der Waals surface area contributed by atoms with Gasteiger partial charge in [0.15, 0.2) is 0 Å². The van der Waals surface area contributed by atoms with Gasteiger partial charge in [-0.05, 0) is 39.8 Å². The average Bonchev–Trinajstić information content (AvgIpc) is 2.26. The van der Waals surface area contributed by atoms with Gasteiger partial charge in [0.2, 0.25) is 0 Å². The molecule has 0 bridgehead atoms. The van der Waals surface area contributed by atoms with Crippen molar-refractivity contribution in [3.8, 4) is 0 Å². The van der Waals surface area contributed by atoms with Crippen molar-refractivity contribution in [2.24, 2.45) is 0 Å². The highest BCUT2D eigenvalue weighted by Crippen LogP contribution is 2.21. The van der Waals surface area contributed by atoms with Gasteiger partial charge >= 0.3 is 12.1 Å². The van der Waals surface area contributed by atoms with Crippen LogP contribution in [0.2, 0.25) is 0 Å². The molecule has 0 unspecified atom stereocenters. The van der Waals surface area contributed by atoms with Crippen LogP contribution in [0.15, 0.2) is 30.3 Å². The highest BCUT2D eigenvalue weighted by molar-refractivity contribution is 5.89. The number of ether oxygens (including phenoxy) is 1. The van der Waals surface area contributed by atoms with Gasteiger partial charge in [-0.3, -0.25) is 9.69 Å². The summed E-state index contributed by atoms with van der Waals surface area (Å²) in [4.78, 5) is 24.5. The molecular formula is C15H21NO4. The van der Waals surface area contributed by atoms with Gasteiger partial charge in [0.05, 0.1) is 6.42 Å². The Balaban J connectivity index is 3.02. The molecule has 0 heterocycles. The van der Waals surface area contributed by atoms with Gasteiger partial charge < -0.3 is 9.84 Å². The molecule has 0 aliphatic carbocycles. The quantitative estimate of drug-likeness (QED) is 0.918. The van der Waals surface area contributed by atoms with E-state index in [0.717, 1.165) is 0 Å². The first kappa shape index (κ1) is 16.0. The largest absolute Gasteiger partial charge is 0.481 e. The molecule has 1 N–H and O–H groups in total. The van der Waals surface area contributed by atoms with Crippen LogP contribution in [0.4, 0.5) is 10.5 Å². The van der Waals surface area contributed by atoms with E-state index in [1.807, 2.05) is 6.07 Å². The molecule has 0 aliphatic heterocycles. The SMILES string of the molecule is C[C@@H](CC(=O)O)N(C(=O)OC(C)(C)C)c1ccccc1. The number of hydrogen-bond acceptors (Lipinski definition) is 3. The molecule has 0 spiro atoms. The third-order valence-electron chi connectivity index (χ3n) is 2.54. The zero-order valence-electron chi connectivity index (χ0n) is 12.3. The third kappa shape index (κ3) is 4.91. The summed E-state index contributed by atoms with van der Waals surface area (Å²) in [5, 5.41) is 8.92. The van der Waals surface area contributed by atoms with Crippen molar-refractivity contribution in [1.29, 1.82) is 0 Å². The minimum Gasteiger partial charge on any atom is -0.481 e. The van der Waals surface area contributed by atoms with E-state index in [0.29, 0.717) is 5.69 Å². The molecule has 110 valence electrons. The van der Waals surface area contributed by atoms with Crippen LogP contribution in [-0.4, -0.2) is 28.8 Å². The topological polar surface area (TPSA) is 66.8 Å². The Hall–Kier alpha value is -2.04. The van der Waals surface area contributed by atoms with Crippen LogP contribution >= 0.6 is 0 Å². The first-order chi connectivity index (χ1) is 9.20. The van der Waals surface area contributed by atoms with Crippen LogP contribution in [0.5, 0.6) is 0 Å². The molecule has 20 heavy (non-hydrogen) atoms. The van der Waals surface area contributed by atoms with Gasteiger partial charge in [-0.25, -0.2) is 4.79 Å². The molecule has 1 rings (SSSR count). The van der Waals surface area contributed by atoms with E-state index in [4.69, 9.17) is 9.84 Å². The van der Waals surface area contributed by atoms with Crippen LogP contribution in [0.25, 0.3) is 0 Å². The van der Waals surface area contributed by atoms with Crippen molar-refractivity contribution >= 4 is 17.7 Å². The second-order valence-electron chi connectivity index (χ2n) is 5.63. The minimum absolute atomic E-state index is 0.145. The van der Waals surface area contributed by atoms with Gasteiger partial charge in [-0.2, -0.15) is 0 Å². The van der Waals surface area contributed by atoms with Crippen molar-refractivity contribution in [2.75, 3.05) is 4.90 Å². The molecular weight excluding hydrogens is 258 g/mol. The van der Waals surface area contributed by atoms with Crippen LogP contribution in [0.3, 0.4) is 0 Å². The average molecular weight is 279 g/mol. The molecule has 5 heteroatoms. The molecule has 0 saturated heterocycles. The number of carboxylic acid groups (broad SMARTS) is 1. The first-order valence-corrected chi connectivity index (χ1v) is 6.50. The summed E-state index contributed by atoms with van der Waals surface area (Å²) in [6.45, 7) is 7.01. The second kappa shape index (κ2) is 6.41. The van der Waals surface area contributed by atoms with Crippen molar-refractivity contribution in [2.45, 2.75) is 45.8 Å². The first-order valence-electron chi connectivity index (χ1n) is 6.50. The van der Waals surface area contributed by atoms with E-state index in [1.54, 1.807) is 52.0 Å². The summed E-state index contributed by atoms with van der Waals surface area (Å²) in [6, 6.07) is 8.42. The number of carbonyl (C=O) groups is 2. The lowest BCUT2D eigenvalue weighted by molar-refractivity contribution is -0.137. The van der Waals surface area contributed by atoms with Gasteiger partial charge in [-0.1, -0.05) is 18.2 Å². The number of anilines is 1. The molecule has 0 aromatic heterocycles. The number of rotatable bonds is 4. The van der Waals surface area contributed by atoms with Gasteiger partial charge in [0, 0.05) is 11.7 Å². The molecule has 1 amide bonds. The number of carbonyl (C=O) groups excluding carboxylic acids is 1. The standard InChI is InChI=1S/C15H21NO4/c1-11(10-13(17)18)16(12-8-6-5-7-9-12)14(19)20-15(2,3)4/h5-9,11H,10H2,1-4H3,(H,17,18)/t11-/m0/s1. The van der Waals surface area contributed by atoms with Crippen molar-refractivity contribution in [3.05, 3.63) is 30.3 Å². The highest BCUT2D eigenvalue weighted by Gasteiger charge is 2.28. The minimum atomic E-state index is -0.956. The lowest BCUT2D eigenvalue weighted by Crippen LogP contribution is -2.43. The number of carboxylic acids is 1. The predicted octanol–water partition coefficient (Wildman–Crippen LogP) is 3.29. The van der Waals surface area contributed by atoms with E-state index in [2.05, 4.69) is 0 Å². The van der Waals surface area contributed by atoms with Crippen LogP contribution in [0.1, 0.15) is 34.1 Å². The number of aliphatic carboxylic acids is 1. The fourth-order valence-electron chi connectivity index (χ4n) is 1.78. The summed E-state index contributed by atoms with van der Waals surface area (Å²) in [7, 11) is 0. The fourth-order valence-corrected chi connectivity index (χ4v) is 1.78. The van der Waals surface area contributed by atoms with Crippen molar-refractivity contribution < 1.29 is 19.4 Å². The predicted molar refractivity (Wildman–Crippen MR) is 76.9 cm³/mol. The van der Waals surface area contributed by atoms with E-state index in [1.165, 1.54) is 4.90 Å². The summed E-state index contributed by atoms with van der Waals surface area (Å²) in [5.41, 5.74) is -0.0111. The van der Waals surface area contributed by atoms with Crippen molar-refractivity contribution in [1.82, 2.24) is 0 Å². The number of nitrogens with zero attached hydrogens (tertiary/aromatic N) is 1. The van der Waals surface area contributed by atoms with Crippen LogP contribution in [-0.2, 0) is 9.53 Å². The Morgan fingerprint density at radius 2 is 1.80 bits per heavy atom. The Kier molecular flexibility index (Phi) is 5.13. The normalized spacial score (nSPS) is 12.6. The Bertz CT molecular complexity index is 465. The number of benzene rings is 1. The second-order valence-corrected chi connectivity index (χ2v) is 5.63. The summed E-state index contributed by atoms with van der Waals surface area (Å²) in [6.07, 6.45) is -0.689. The van der Waals surface area contributed by atoms with E-state index < -0.39 is 23.7 Å². The van der Waals surface area contributed by atoms with Crippen LogP contribution in [0, 0.1) is 0 Å². The molecule has 0 saturated carbocycles. The maximum absolute atomic E-state index is 12.3. The lowest BCUT2D eigenvalue weighted by Gasteiger charge is -2.31. The summed E-state index contributed by atoms with van der Waals surface area (Å²) >= 11 is 0. The van der Waals surface area contributed by atoms with Crippen LogP contribution < -0.4 is 4.90 Å². The lowest BCUT2D eigenvalue weighted by atomic mass is 10.1. The van der Waals surface area contributed by atoms with Gasteiger partial charge in [0.25, 0.3) is 0 Å². The van der Waals surface area contributed by atoms with E-state index in [9.17, 15) is 9.59 Å². The fraction of sp³-hybridized carbons (Fsp3) is 0.467. The molecule has 1 aromatic rings. The summed E-state index contributed by atoms with van der Waals surface area (Å²) in [5.74, 6) is -0.956. The van der Waals surface area contributed by atoms with E-state index >= 15 is 0 Å². The summed E-state index contributed by atoms with van der Waals surface area (Å²) < 4.78 is 5.35. The smallest absolute Gasteiger partial charge is 0.415 e. The van der Waals surface area contributed by atoms with Gasteiger partial charge in [0.1, 0.15) is 5.60 Å². The maximum atomic E-state index is 12.3. The molecule has 0 aliphatic rings. The van der Waals surface area contributed by atoms with Gasteiger partial charge in [-0.15, -0.1) is 0 Å². The Labute approximate surface area is 119 Å². The Morgan fingerprint density at radius 3 is 2.25 bits per heavy atom. The van der Waals surface area contributed by atoms with E-state index in [-0.39, 0.29) is 6.42 Å². The maximum Gasteiger partial charge on any atom is 0.415 e. The zero-order valence-corrected chi connectivity index (χ0v) is 12.3. The molecule has 1 aromatic carbocycles. The monoisotopic (exact) mass is 279 g/mol. The Morgan fingerprint density at radius 1 is 1.25 bits per heavy atom. The van der Waals surface area contributed by atoms with Crippen molar-refractivity contribution in [3.63, 3.8) is 0 Å². The number of amides is 1. The highest BCUT2D eigenvalue weighted by atomic mass is 16.6. The molecule has 1 atom stereocenters. The molecule has 0 fully saturated rings. The third-order valence-corrected chi connectivity index (χ3v) is 2.54. The number of hydrogen-bond donors (Lipinski definition) is 1.